The zero-order valence-electron chi connectivity index (χ0n) is 39.5. The van der Waals surface area contributed by atoms with Crippen molar-refractivity contribution >= 4 is 52.2 Å². The first kappa shape index (κ1) is 45.5. The minimum atomic E-state index is -0.970. The highest BCUT2D eigenvalue weighted by atomic mass is 16.5. The number of imide groups is 2. The lowest BCUT2D eigenvalue weighted by Gasteiger charge is -2.43. The number of carbonyl (C=O) groups is 5. The minimum absolute atomic E-state index is 0.0944. The molecule has 0 bridgehead atoms. The Morgan fingerprint density at radius 2 is 1.39 bits per heavy atom. The van der Waals surface area contributed by atoms with Crippen molar-refractivity contribution in [3.05, 3.63) is 90.3 Å². The molecule has 2 aromatic heterocycles. The largest absolute Gasteiger partial charge is 0.457 e. The van der Waals surface area contributed by atoms with Crippen LogP contribution in [-0.2, 0) is 9.59 Å². The van der Waals surface area contributed by atoms with Crippen molar-refractivity contribution in [3.63, 3.8) is 0 Å². The molecule has 70 heavy (non-hydrogen) atoms. The molecule has 3 N–H and O–H groups in total. The van der Waals surface area contributed by atoms with E-state index in [2.05, 4.69) is 39.6 Å². The molecule has 1 atom stereocenters. The number of amides is 6. The van der Waals surface area contributed by atoms with Crippen LogP contribution < -0.4 is 20.7 Å². The number of rotatable bonds is 10. The Bertz CT molecular complexity index is 2770. The molecule has 0 aliphatic carbocycles. The predicted molar refractivity (Wildman–Crippen MR) is 262 cm³/mol. The maximum atomic E-state index is 13.7. The smallest absolute Gasteiger partial charge is 0.320 e. The van der Waals surface area contributed by atoms with E-state index in [9.17, 15) is 24.0 Å². The molecule has 18 nitrogen and oxygen atoms in total. The first-order chi connectivity index (χ1) is 34.1. The molecule has 5 saturated heterocycles. The second-order valence-electron chi connectivity index (χ2n) is 19.7. The number of hydrogen-bond acceptors (Lipinski definition) is 13. The number of anilines is 2. The van der Waals surface area contributed by atoms with Crippen LogP contribution in [0.1, 0.15) is 84.5 Å². The van der Waals surface area contributed by atoms with E-state index in [1.165, 1.54) is 6.33 Å². The Kier molecular flexibility index (Phi) is 12.7. The molecule has 18 heteroatoms. The summed E-state index contributed by atoms with van der Waals surface area (Å²) in [5, 5.41) is 8.16. The number of nitrogens with zero attached hydrogens (tertiary/aromatic N) is 10. The van der Waals surface area contributed by atoms with Gasteiger partial charge in [-0.1, -0.05) is 18.2 Å². The van der Waals surface area contributed by atoms with Gasteiger partial charge in [-0.25, -0.2) is 19.4 Å². The van der Waals surface area contributed by atoms with Crippen molar-refractivity contribution in [2.45, 2.75) is 75.9 Å². The lowest BCUT2D eigenvalue weighted by molar-refractivity contribution is -0.136. The van der Waals surface area contributed by atoms with E-state index >= 15 is 0 Å². The number of carbonyl (C=O) groups excluding carboxylic acids is 5. The molecule has 6 amide bonds. The monoisotopic (exact) mass is 948 g/mol. The second kappa shape index (κ2) is 19.5. The number of hydrogen-bond donors (Lipinski definition) is 2. The predicted octanol–water partition coefficient (Wildman–Crippen LogP) is 5.41. The molecule has 0 spiro atoms. The van der Waals surface area contributed by atoms with E-state index in [1.807, 2.05) is 65.6 Å². The second-order valence-corrected chi connectivity index (χ2v) is 19.7. The summed E-state index contributed by atoms with van der Waals surface area (Å²) < 4.78 is 8.09. The maximum Gasteiger partial charge on any atom is 0.320 e. The summed E-state index contributed by atoms with van der Waals surface area (Å²) in [4.78, 5) is 86.0. The van der Waals surface area contributed by atoms with Crippen molar-refractivity contribution in [1.82, 2.24) is 49.6 Å². The number of nitrogens with two attached hydrogens (primary N) is 1. The molecule has 1 unspecified atom stereocenters. The fraction of sp³-hybridized carbons (Fsp3) is 0.462. The highest BCUT2D eigenvalue weighted by Gasteiger charge is 2.45. The Balaban J connectivity index is 0.606. The molecule has 6 aliphatic heterocycles. The summed E-state index contributed by atoms with van der Waals surface area (Å²) in [5.74, 6) is 0.576. The van der Waals surface area contributed by atoms with Crippen LogP contribution in [0.3, 0.4) is 0 Å². The molecule has 8 heterocycles. The van der Waals surface area contributed by atoms with E-state index in [-0.39, 0.29) is 30.8 Å². The molecular weight excluding hydrogens is 889 g/mol. The van der Waals surface area contributed by atoms with Crippen molar-refractivity contribution < 1.29 is 28.7 Å². The van der Waals surface area contributed by atoms with Gasteiger partial charge in [0.25, 0.3) is 11.8 Å². The fourth-order valence-electron chi connectivity index (χ4n) is 11.5. The molecule has 0 saturated carbocycles. The number of piperazine rings is 1. The van der Waals surface area contributed by atoms with Gasteiger partial charge in [-0.15, -0.1) is 0 Å². The summed E-state index contributed by atoms with van der Waals surface area (Å²) in [6.07, 6.45) is 8.79. The molecule has 6 aliphatic rings. The van der Waals surface area contributed by atoms with Gasteiger partial charge in [-0.3, -0.25) is 34.3 Å². The quantitative estimate of drug-likeness (QED) is 0.169. The molecule has 364 valence electrons. The van der Waals surface area contributed by atoms with Gasteiger partial charge < -0.3 is 30.1 Å². The van der Waals surface area contributed by atoms with Crippen LogP contribution in [0.4, 0.5) is 16.3 Å². The van der Waals surface area contributed by atoms with Crippen LogP contribution in [0.2, 0.25) is 0 Å². The van der Waals surface area contributed by atoms with Gasteiger partial charge in [-0.05, 0) is 118 Å². The lowest BCUT2D eigenvalue weighted by Crippen LogP contribution is -2.56. The van der Waals surface area contributed by atoms with Crippen molar-refractivity contribution in [2.75, 3.05) is 82.6 Å². The van der Waals surface area contributed by atoms with Crippen LogP contribution in [0.5, 0.6) is 11.5 Å². The number of nitrogen functional groups attached to an aromatic ring is 1. The van der Waals surface area contributed by atoms with Crippen molar-refractivity contribution in [1.29, 1.82) is 0 Å². The van der Waals surface area contributed by atoms with Crippen LogP contribution in [-0.4, -0.2) is 158 Å². The SMILES string of the molecule is Nc1ncnc2c1c(-c1ccc(Oc3ccccc3)cc1)nn2C1CCN(C2CCN(C(=O)N3CCN(CCC4CCN(c5ccc6c(c5)C(=O)N(C5CCC(=O)NC5=O)C6=O)CC4)CC3)CC2)CC1. The number of urea groups is 1. The highest BCUT2D eigenvalue weighted by molar-refractivity contribution is 6.23. The van der Waals surface area contributed by atoms with E-state index in [0.717, 1.165) is 161 Å². The molecular formula is C52H60N12O6. The number of piperidine rings is 4. The summed E-state index contributed by atoms with van der Waals surface area (Å²) in [7, 11) is 0. The third kappa shape index (κ3) is 9.05. The Hall–Kier alpha value is -6.92. The highest BCUT2D eigenvalue weighted by Crippen LogP contribution is 2.37. The number of nitrogens with one attached hydrogen (secondary N) is 1. The van der Waals surface area contributed by atoms with E-state index in [4.69, 9.17) is 15.6 Å². The summed E-state index contributed by atoms with van der Waals surface area (Å²) in [6.45, 7) is 9.48. The van der Waals surface area contributed by atoms with E-state index in [0.29, 0.717) is 28.9 Å². The zero-order chi connectivity index (χ0) is 47.9. The normalized spacial score (nSPS) is 21.5. The molecule has 5 fully saturated rings. The lowest BCUT2D eigenvalue weighted by atomic mass is 9.92. The Morgan fingerprint density at radius 1 is 0.700 bits per heavy atom. The van der Waals surface area contributed by atoms with E-state index in [1.54, 1.807) is 12.1 Å². The van der Waals surface area contributed by atoms with Gasteiger partial charge in [0.15, 0.2) is 5.65 Å². The average Bonchev–Trinajstić information content (AvgIpc) is 3.91. The van der Waals surface area contributed by atoms with E-state index < -0.39 is 23.8 Å². The van der Waals surface area contributed by atoms with Crippen LogP contribution in [0.15, 0.2) is 79.1 Å². The Labute approximate surface area is 406 Å². The van der Waals surface area contributed by atoms with Gasteiger partial charge >= 0.3 is 6.03 Å². The first-order valence-electron chi connectivity index (χ1n) is 25.1. The molecule has 3 aromatic carbocycles. The average molecular weight is 949 g/mol. The van der Waals surface area contributed by atoms with Crippen molar-refractivity contribution in [3.8, 4) is 22.8 Å². The molecule has 11 rings (SSSR count). The third-order valence-corrected chi connectivity index (χ3v) is 15.6. The minimum Gasteiger partial charge on any atom is -0.457 e. The first-order valence-corrected chi connectivity index (χ1v) is 25.1. The standard InChI is InChI=1S/C52H60N12O6/c53-47-45-46(35-6-9-40(10-7-35)70-39-4-2-1-3-5-39)57-64(48(45)55-33-54-47)37-19-24-59(25-20-37)36-17-26-61(27-18-36)52(69)62-30-28-58(29-31-62)21-14-34-15-22-60(23-16-34)38-8-11-41-42(32-38)51(68)63(50(41)67)43-12-13-44(65)56-49(43)66/h1-11,32-34,36-37,43H,12-31H2,(H2,53,54,55)(H,56,65,66). The summed E-state index contributed by atoms with van der Waals surface area (Å²) in [5.41, 5.74) is 10.5. The topological polar surface area (TPSA) is 196 Å². The molecule has 5 aromatic rings. The summed E-state index contributed by atoms with van der Waals surface area (Å²) in [6, 6.07) is 22.8. The third-order valence-electron chi connectivity index (χ3n) is 15.6. The Morgan fingerprint density at radius 3 is 2.11 bits per heavy atom. The van der Waals surface area contributed by atoms with Gasteiger partial charge in [0, 0.05) is 89.2 Å². The number of fused-ring (bicyclic) bond motifs is 2. The number of ether oxygens (including phenoxy) is 1. The maximum absolute atomic E-state index is 13.7. The fourth-order valence-corrected chi connectivity index (χ4v) is 11.5. The van der Waals surface area contributed by atoms with Crippen LogP contribution in [0, 0.1) is 5.92 Å². The zero-order valence-corrected chi connectivity index (χ0v) is 39.5. The molecule has 0 radical (unpaired) electrons. The van der Waals surface area contributed by atoms with Gasteiger partial charge in [-0.2, -0.15) is 5.10 Å². The van der Waals surface area contributed by atoms with Gasteiger partial charge in [0.05, 0.1) is 22.6 Å². The van der Waals surface area contributed by atoms with Crippen LogP contribution >= 0.6 is 0 Å². The number of benzene rings is 3. The van der Waals surface area contributed by atoms with Crippen molar-refractivity contribution in [2.24, 2.45) is 5.92 Å². The van der Waals surface area contributed by atoms with Gasteiger partial charge in [0.2, 0.25) is 11.8 Å². The number of likely N-dealkylation sites (tertiary alicyclic amines) is 2. The van der Waals surface area contributed by atoms with Crippen LogP contribution in [0.25, 0.3) is 22.3 Å². The number of aromatic nitrogens is 4. The summed E-state index contributed by atoms with van der Waals surface area (Å²) >= 11 is 0. The van der Waals surface area contributed by atoms with Gasteiger partial charge in [0.1, 0.15) is 35.4 Å². The number of para-hydroxylation sites is 1.